The van der Waals surface area contributed by atoms with Gasteiger partial charge in [-0.25, -0.2) is 4.39 Å². The molecule has 0 aromatic heterocycles. The first-order chi connectivity index (χ1) is 9.65. The summed E-state index contributed by atoms with van der Waals surface area (Å²) in [5.74, 6) is -0.394. The number of anilines is 1. The first kappa shape index (κ1) is 14.9. The molecule has 1 saturated heterocycles. The fourth-order valence-electron chi connectivity index (χ4n) is 2.57. The standard InChI is InChI=1S/C15H22FN3O/c1-3-19(14-7-5-4-6-13(14)16)15(20)12(2)18-10-8-17-9-11-18/h4-7,12,17H,3,8-11H2,1-2H3. The van der Waals surface area contributed by atoms with Crippen LogP contribution >= 0.6 is 0 Å². The molecule has 1 aliphatic rings. The second kappa shape index (κ2) is 6.81. The summed E-state index contributed by atoms with van der Waals surface area (Å²) in [5, 5.41) is 3.27. The third-order valence-electron chi connectivity index (χ3n) is 3.78. The molecule has 1 aromatic carbocycles. The first-order valence-electron chi connectivity index (χ1n) is 7.15. The van der Waals surface area contributed by atoms with Gasteiger partial charge in [0, 0.05) is 32.7 Å². The summed E-state index contributed by atoms with van der Waals surface area (Å²) >= 11 is 0. The molecule has 0 spiro atoms. The van der Waals surface area contributed by atoms with Gasteiger partial charge in [0.25, 0.3) is 0 Å². The SMILES string of the molecule is CCN(C(=O)C(C)N1CCNCC1)c1ccccc1F. The van der Waals surface area contributed by atoms with Crippen LogP contribution in [0.5, 0.6) is 0 Å². The first-order valence-corrected chi connectivity index (χ1v) is 7.15. The number of piperazine rings is 1. The van der Waals surface area contributed by atoms with Crippen molar-refractivity contribution in [1.29, 1.82) is 0 Å². The minimum atomic E-state index is -0.352. The van der Waals surface area contributed by atoms with Crippen molar-refractivity contribution in [3.63, 3.8) is 0 Å². The molecule has 5 heteroatoms. The summed E-state index contributed by atoms with van der Waals surface area (Å²) in [6.07, 6.45) is 0. The quantitative estimate of drug-likeness (QED) is 0.906. The van der Waals surface area contributed by atoms with Crippen LogP contribution in [0.1, 0.15) is 13.8 Å². The Bertz CT molecular complexity index is 460. The Labute approximate surface area is 119 Å². The van der Waals surface area contributed by atoms with Crippen LogP contribution in [-0.2, 0) is 4.79 Å². The van der Waals surface area contributed by atoms with Gasteiger partial charge >= 0.3 is 0 Å². The number of para-hydroxylation sites is 1. The molecule has 1 heterocycles. The van der Waals surface area contributed by atoms with Crippen molar-refractivity contribution in [3.8, 4) is 0 Å². The van der Waals surface area contributed by atoms with Crippen LogP contribution in [0.3, 0.4) is 0 Å². The smallest absolute Gasteiger partial charge is 0.244 e. The number of likely N-dealkylation sites (N-methyl/N-ethyl adjacent to an activating group) is 1. The van der Waals surface area contributed by atoms with Gasteiger partial charge in [0.05, 0.1) is 11.7 Å². The minimum Gasteiger partial charge on any atom is -0.314 e. The van der Waals surface area contributed by atoms with Crippen LogP contribution in [0.2, 0.25) is 0 Å². The van der Waals surface area contributed by atoms with Crippen LogP contribution in [0.4, 0.5) is 10.1 Å². The predicted molar refractivity (Wildman–Crippen MR) is 78.3 cm³/mol. The van der Waals surface area contributed by atoms with Crippen molar-refractivity contribution in [1.82, 2.24) is 10.2 Å². The monoisotopic (exact) mass is 279 g/mol. The summed E-state index contributed by atoms with van der Waals surface area (Å²) in [5.41, 5.74) is 0.363. The number of benzene rings is 1. The molecule has 1 fully saturated rings. The van der Waals surface area contributed by atoms with Crippen molar-refractivity contribution >= 4 is 11.6 Å². The average molecular weight is 279 g/mol. The van der Waals surface area contributed by atoms with Crippen molar-refractivity contribution in [2.45, 2.75) is 19.9 Å². The Morgan fingerprint density at radius 3 is 2.65 bits per heavy atom. The van der Waals surface area contributed by atoms with E-state index in [4.69, 9.17) is 0 Å². The van der Waals surface area contributed by atoms with Crippen molar-refractivity contribution in [2.24, 2.45) is 0 Å². The summed E-state index contributed by atoms with van der Waals surface area (Å²) < 4.78 is 13.9. The molecule has 110 valence electrons. The highest BCUT2D eigenvalue weighted by molar-refractivity contribution is 5.97. The van der Waals surface area contributed by atoms with E-state index in [0.717, 1.165) is 26.2 Å². The molecule has 1 unspecified atom stereocenters. The number of halogens is 1. The molecular weight excluding hydrogens is 257 g/mol. The lowest BCUT2D eigenvalue weighted by molar-refractivity contribution is -0.123. The minimum absolute atomic E-state index is 0.0421. The number of carbonyl (C=O) groups is 1. The largest absolute Gasteiger partial charge is 0.314 e. The van der Waals surface area contributed by atoms with Gasteiger partial charge in [0.1, 0.15) is 5.82 Å². The summed E-state index contributed by atoms with van der Waals surface area (Å²) in [6.45, 7) is 7.72. The van der Waals surface area contributed by atoms with Gasteiger partial charge in [0.15, 0.2) is 0 Å². The number of amides is 1. The third-order valence-corrected chi connectivity index (χ3v) is 3.78. The molecule has 4 nitrogen and oxygen atoms in total. The van der Waals surface area contributed by atoms with E-state index in [1.54, 1.807) is 18.2 Å². The Morgan fingerprint density at radius 2 is 2.05 bits per heavy atom. The highest BCUT2D eigenvalue weighted by Crippen LogP contribution is 2.20. The maximum Gasteiger partial charge on any atom is 0.244 e. The second-order valence-corrected chi connectivity index (χ2v) is 5.00. The molecule has 1 N–H and O–H groups in total. The van der Waals surface area contributed by atoms with E-state index in [9.17, 15) is 9.18 Å². The number of hydrogen-bond donors (Lipinski definition) is 1. The molecule has 0 aliphatic carbocycles. The molecule has 1 atom stereocenters. The Balaban J connectivity index is 2.14. The average Bonchev–Trinajstić information content (AvgIpc) is 2.50. The highest BCUT2D eigenvalue weighted by Gasteiger charge is 2.28. The van der Waals surface area contributed by atoms with E-state index in [2.05, 4.69) is 10.2 Å². The zero-order chi connectivity index (χ0) is 14.5. The lowest BCUT2D eigenvalue weighted by Gasteiger charge is -2.34. The van der Waals surface area contributed by atoms with Crippen LogP contribution < -0.4 is 10.2 Å². The molecule has 0 radical (unpaired) electrons. The van der Waals surface area contributed by atoms with Crippen molar-refractivity contribution in [3.05, 3.63) is 30.1 Å². The van der Waals surface area contributed by atoms with E-state index in [-0.39, 0.29) is 17.8 Å². The van der Waals surface area contributed by atoms with Gasteiger partial charge in [-0.2, -0.15) is 0 Å². The number of hydrogen-bond acceptors (Lipinski definition) is 3. The summed E-state index contributed by atoms with van der Waals surface area (Å²) in [4.78, 5) is 16.3. The molecule has 0 saturated carbocycles. The van der Waals surface area contributed by atoms with E-state index in [1.807, 2.05) is 13.8 Å². The number of carbonyl (C=O) groups excluding carboxylic acids is 1. The zero-order valence-electron chi connectivity index (χ0n) is 12.1. The molecule has 20 heavy (non-hydrogen) atoms. The van der Waals surface area contributed by atoms with Crippen LogP contribution in [0, 0.1) is 5.82 Å². The topological polar surface area (TPSA) is 35.6 Å². The van der Waals surface area contributed by atoms with Crippen molar-refractivity contribution in [2.75, 3.05) is 37.6 Å². The molecule has 0 bridgehead atoms. The second-order valence-electron chi connectivity index (χ2n) is 5.00. The fraction of sp³-hybridized carbons (Fsp3) is 0.533. The van der Waals surface area contributed by atoms with Crippen LogP contribution in [-0.4, -0.2) is 49.6 Å². The lowest BCUT2D eigenvalue weighted by atomic mass is 10.2. The van der Waals surface area contributed by atoms with Gasteiger partial charge < -0.3 is 10.2 Å². The Kier molecular flexibility index (Phi) is 5.09. The van der Waals surface area contributed by atoms with Gasteiger partial charge in [-0.3, -0.25) is 9.69 Å². The van der Waals surface area contributed by atoms with Gasteiger partial charge in [0.2, 0.25) is 5.91 Å². The van der Waals surface area contributed by atoms with Gasteiger partial charge in [-0.05, 0) is 26.0 Å². The fourth-order valence-corrected chi connectivity index (χ4v) is 2.57. The molecule has 2 rings (SSSR count). The molecular formula is C15H22FN3O. The van der Waals surface area contributed by atoms with Gasteiger partial charge in [-0.15, -0.1) is 0 Å². The van der Waals surface area contributed by atoms with E-state index in [0.29, 0.717) is 12.2 Å². The summed E-state index contributed by atoms with van der Waals surface area (Å²) in [6, 6.07) is 6.21. The number of rotatable bonds is 4. The Morgan fingerprint density at radius 1 is 1.40 bits per heavy atom. The van der Waals surface area contributed by atoms with Crippen molar-refractivity contribution < 1.29 is 9.18 Å². The normalized spacial score (nSPS) is 17.8. The van der Waals surface area contributed by atoms with E-state index < -0.39 is 0 Å². The molecule has 1 aliphatic heterocycles. The zero-order valence-corrected chi connectivity index (χ0v) is 12.1. The maximum absolute atomic E-state index is 13.9. The molecule has 1 amide bonds. The number of nitrogens with zero attached hydrogens (tertiary/aromatic N) is 2. The maximum atomic E-state index is 13.9. The predicted octanol–water partition coefficient (Wildman–Crippen LogP) is 1.47. The van der Waals surface area contributed by atoms with E-state index >= 15 is 0 Å². The highest BCUT2D eigenvalue weighted by atomic mass is 19.1. The Hall–Kier alpha value is -1.46. The van der Waals surface area contributed by atoms with Crippen LogP contribution in [0.15, 0.2) is 24.3 Å². The van der Waals surface area contributed by atoms with Crippen LogP contribution in [0.25, 0.3) is 0 Å². The lowest BCUT2D eigenvalue weighted by Crippen LogP contribution is -2.53. The third kappa shape index (κ3) is 3.16. The van der Waals surface area contributed by atoms with E-state index in [1.165, 1.54) is 11.0 Å². The number of nitrogens with one attached hydrogen (secondary N) is 1. The molecule has 1 aromatic rings. The van der Waals surface area contributed by atoms with Gasteiger partial charge in [-0.1, -0.05) is 12.1 Å². The summed E-state index contributed by atoms with van der Waals surface area (Å²) in [7, 11) is 0.